The lowest BCUT2D eigenvalue weighted by atomic mass is 9.97. The van der Waals surface area contributed by atoms with Gasteiger partial charge in [-0.2, -0.15) is 0 Å². The predicted octanol–water partition coefficient (Wildman–Crippen LogP) is 2.55. The van der Waals surface area contributed by atoms with Gasteiger partial charge in [0.25, 0.3) is 0 Å². The Balaban J connectivity index is 1.72. The lowest BCUT2D eigenvalue weighted by Crippen LogP contribution is -2.40. The standard InChI is InChI=1S/C16H26N2/c1-2-17-13-16-9-6-11-18(14-16)12-10-15-7-4-3-5-8-15/h3-5,7-8,16-17H,2,6,9-14H2,1H3. The molecule has 0 spiro atoms. The molecular formula is C16H26N2. The molecule has 1 heterocycles. The highest BCUT2D eigenvalue weighted by Crippen LogP contribution is 2.16. The molecule has 2 nitrogen and oxygen atoms in total. The van der Waals surface area contributed by atoms with Gasteiger partial charge in [-0.25, -0.2) is 0 Å². The molecule has 0 aliphatic carbocycles. The van der Waals surface area contributed by atoms with E-state index >= 15 is 0 Å². The van der Waals surface area contributed by atoms with Gasteiger partial charge in [0.05, 0.1) is 0 Å². The zero-order valence-corrected chi connectivity index (χ0v) is 11.6. The highest BCUT2D eigenvalue weighted by atomic mass is 15.1. The number of nitrogens with one attached hydrogen (secondary N) is 1. The van der Waals surface area contributed by atoms with Crippen molar-refractivity contribution in [2.24, 2.45) is 5.92 Å². The fourth-order valence-electron chi connectivity index (χ4n) is 2.80. The summed E-state index contributed by atoms with van der Waals surface area (Å²) in [5, 5.41) is 3.49. The highest BCUT2D eigenvalue weighted by molar-refractivity contribution is 5.14. The largest absolute Gasteiger partial charge is 0.317 e. The third-order valence-corrected chi connectivity index (χ3v) is 3.85. The maximum Gasteiger partial charge on any atom is 0.00219 e. The Morgan fingerprint density at radius 1 is 1.28 bits per heavy atom. The topological polar surface area (TPSA) is 15.3 Å². The van der Waals surface area contributed by atoms with Crippen LogP contribution >= 0.6 is 0 Å². The van der Waals surface area contributed by atoms with E-state index in [0.717, 1.165) is 12.5 Å². The average molecular weight is 246 g/mol. The minimum atomic E-state index is 0.856. The number of likely N-dealkylation sites (tertiary alicyclic amines) is 1. The van der Waals surface area contributed by atoms with Crippen molar-refractivity contribution < 1.29 is 0 Å². The Labute approximate surface area is 111 Å². The van der Waals surface area contributed by atoms with Crippen LogP contribution in [-0.4, -0.2) is 37.6 Å². The van der Waals surface area contributed by atoms with E-state index in [1.165, 1.54) is 51.0 Å². The number of benzene rings is 1. The van der Waals surface area contributed by atoms with Gasteiger partial charge in [0, 0.05) is 13.1 Å². The molecule has 18 heavy (non-hydrogen) atoms. The molecule has 1 unspecified atom stereocenters. The molecule has 2 heteroatoms. The fourth-order valence-corrected chi connectivity index (χ4v) is 2.80. The maximum atomic E-state index is 3.49. The van der Waals surface area contributed by atoms with Crippen molar-refractivity contribution in [1.82, 2.24) is 10.2 Å². The van der Waals surface area contributed by atoms with E-state index in [2.05, 4.69) is 47.5 Å². The lowest BCUT2D eigenvalue weighted by Gasteiger charge is -2.32. The molecule has 1 aromatic rings. The molecule has 0 bridgehead atoms. The van der Waals surface area contributed by atoms with Crippen molar-refractivity contribution in [1.29, 1.82) is 0 Å². The van der Waals surface area contributed by atoms with E-state index in [1.54, 1.807) is 0 Å². The molecular weight excluding hydrogens is 220 g/mol. The molecule has 1 N–H and O–H groups in total. The maximum absolute atomic E-state index is 3.49. The molecule has 0 saturated carbocycles. The zero-order chi connectivity index (χ0) is 12.6. The summed E-state index contributed by atoms with van der Waals surface area (Å²) in [5.41, 5.74) is 1.46. The Hall–Kier alpha value is -0.860. The smallest absolute Gasteiger partial charge is 0.00219 e. The number of hydrogen-bond acceptors (Lipinski definition) is 2. The predicted molar refractivity (Wildman–Crippen MR) is 77.9 cm³/mol. The van der Waals surface area contributed by atoms with Gasteiger partial charge in [-0.1, -0.05) is 37.3 Å². The number of hydrogen-bond donors (Lipinski definition) is 1. The molecule has 1 atom stereocenters. The lowest BCUT2D eigenvalue weighted by molar-refractivity contribution is 0.174. The van der Waals surface area contributed by atoms with Crippen LogP contribution in [0.3, 0.4) is 0 Å². The highest BCUT2D eigenvalue weighted by Gasteiger charge is 2.18. The zero-order valence-electron chi connectivity index (χ0n) is 11.6. The molecule has 1 saturated heterocycles. The van der Waals surface area contributed by atoms with Gasteiger partial charge in [0.2, 0.25) is 0 Å². The summed E-state index contributed by atoms with van der Waals surface area (Å²) >= 11 is 0. The first-order valence-corrected chi connectivity index (χ1v) is 7.35. The molecule has 0 radical (unpaired) electrons. The first kappa shape index (κ1) is 13.6. The first-order chi connectivity index (χ1) is 8.88. The Kier molecular flexibility index (Phi) is 5.69. The van der Waals surface area contributed by atoms with Crippen molar-refractivity contribution in [2.75, 3.05) is 32.7 Å². The summed E-state index contributed by atoms with van der Waals surface area (Å²) in [6.07, 6.45) is 3.95. The minimum absolute atomic E-state index is 0.856. The number of nitrogens with zero attached hydrogens (tertiary/aromatic N) is 1. The third-order valence-electron chi connectivity index (χ3n) is 3.85. The second-order valence-electron chi connectivity index (χ2n) is 5.35. The average Bonchev–Trinajstić information content (AvgIpc) is 2.44. The van der Waals surface area contributed by atoms with Gasteiger partial charge in [-0.05, 0) is 50.4 Å². The van der Waals surface area contributed by atoms with Crippen LogP contribution in [0.15, 0.2) is 30.3 Å². The summed E-state index contributed by atoms with van der Waals surface area (Å²) in [6.45, 7) is 8.26. The van der Waals surface area contributed by atoms with Crippen LogP contribution in [0.4, 0.5) is 0 Å². The van der Waals surface area contributed by atoms with E-state index in [-0.39, 0.29) is 0 Å². The van der Waals surface area contributed by atoms with E-state index in [4.69, 9.17) is 0 Å². The van der Waals surface area contributed by atoms with Crippen LogP contribution in [0.25, 0.3) is 0 Å². The summed E-state index contributed by atoms with van der Waals surface area (Å²) < 4.78 is 0. The molecule has 1 fully saturated rings. The van der Waals surface area contributed by atoms with Gasteiger partial charge >= 0.3 is 0 Å². The van der Waals surface area contributed by atoms with E-state index in [0.29, 0.717) is 0 Å². The van der Waals surface area contributed by atoms with Crippen LogP contribution in [0.2, 0.25) is 0 Å². The molecule has 2 rings (SSSR count). The summed E-state index contributed by atoms with van der Waals surface area (Å²) in [5.74, 6) is 0.856. The molecule has 1 aliphatic rings. The Morgan fingerprint density at radius 3 is 2.89 bits per heavy atom. The van der Waals surface area contributed by atoms with Crippen LogP contribution < -0.4 is 5.32 Å². The monoisotopic (exact) mass is 246 g/mol. The molecule has 100 valence electrons. The van der Waals surface area contributed by atoms with Crippen molar-refractivity contribution in [2.45, 2.75) is 26.2 Å². The van der Waals surface area contributed by atoms with Gasteiger partial charge in [-0.15, -0.1) is 0 Å². The van der Waals surface area contributed by atoms with Crippen molar-refractivity contribution in [3.05, 3.63) is 35.9 Å². The Bertz CT molecular complexity index is 323. The van der Waals surface area contributed by atoms with Crippen LogP contribution in [0.1, 0.15) is 25.3 Å². The third kappa shape index (κ3) is 4.43. The van der Waals surface area contributed by atoms with E-state index < -0.39 is 0 Å². The van der Waals surface area contributed by atoms with Gasteiger partial charge in [0.1, 0.15) is 0 Å². The minimum Gasteiger partial charge on any atom is -0.317 e. The van der Waals surface area contributed by atoms with Crippen LogP contribution in [0.5, 0.6) is 0 Å². The quantitative estimate of drug-likeness (QED) is 0.830. The van der Waals surface area contributed by atoms with Crippen molar-refractivity contribution in [3.63, 3.8) is 0 Å². The van der Waals surface area contributed by atoms with Crippen LogP contribution in [-0.2, 0) is 6.42 Å². The second kappa shape index (κ2) is 7.55. The second-order valence-corrected chi connectivity index (χ2v) is 5.35. The summed E-state index contributed by atoms with van der Waals surface area (Å²) in [6, 6.07) is 10.8. The number of piperidine rings is 1. The van der Waals surface area contributed by atoms with Gasteiger partial charge in [0.15, 0.2) is 0 Å². The number of rotatable bonds is 6. The van der Waals surface area contributed by atoms with Gasteiger partial charge < -0.3 is 10.2 Å². The molecule has 1 aliphatic heterocycles. The summed E-state index contributed by atoms with van der Waals surface area (Å²) in [4.78, 5) is 2.64. The SMILES string of the molecule is CCNCC1CCCN(CCc2ccccc2)C1. The van der Waals surface area contributed by atoms with E-state index in [9.17, 15) is 0 Å². The molecule has 1 aromatic carbocycles. The van der Waals surface area contributed by atoms with Crippen molar-refractivity contribution in [3.8, 4) is 0 Å². The molecule has 0 aromatic heterocycles. The van der Waals surface area contributed by atoms with Crippen molar-refractivity contribution >= 4 is 0 Å². The van der Waals surface area contributed by atoms with E-state index in [1.807, 2.05) is 0 Å². The Morgan fingerprint density at radius 2 is 2.11 bits per heavy atom. The fraction of sp³-hybridized carbons (Fsp3) is 0.625. The van der Waals surface area contributed by atoms with Gasteiger partial charge in [-0.3, -0.25) is 0 Å². The summed E-state index contributed by atoms with van der Waals surface area (Å²) in [7, 11) is 0. The first-order valence-electron chi connectivity index (χ1n) is 7.35. The normalized spacial score (nSPS) is 21.1. The van der Waals surface area contributed by atoms with Crippen LogP contribution in [0, 0.1) is 5.92 Å². The molecule has 0 amide bonds.